The first kappa shape index (κ1) is 17.2. The van der Waals surface area contributed by atoms with Gasteiger partial charge in [0.05, 0.1) is 35.4 Å². The maximum absolute atomic E-state index is 12.4. The second-order valence-corrected chi connectivity index (χ2v) is 6.24. The highest BCUT2D eigenvalue weighted by molar-refractivity contribution is 6.31. The van der Waals surface area contributed by atoms with Crippen molar-refractivity contribution < 1.29 is 4.79 Å². The molecule has 6 nitrogen and oxygen atoms in total. The summed E-state index contributed by atoms with van der Waals surface area (Å²) in [6.45, 7) is 7.06. The van der Waals surface area contributed by atoms with Crippen LogP contribution in [0.3, 0.4) is 0 Å². The van der Waals surface area contributed by atoms with Crippen LogP contribution in [0.25, 0.3) is 0 Å². The van der Waals surface area contributed by atoms with Crippen LogP contribution in [0.15, 0.2) is 36.7 Å². The molecule has 0 aliphatic rings. The molecule has 2 heterocycles. The number of amides is 1. The van der Waals surface area contributed by atoms with Crippen molar-refractivity contribution in [3.63, 3.8) is 0 Å². The highest BCUT2D eigenvalue weighted by Gasteiger charge is 2.17. The first-order chi connectivity index (χ1) is 12.0. The van der Waals surface area contributed by atoms with Crippen LogP contribution in [-0.2, 0) is 13.1 Å². The Kier molecular flexibility index (Phi) is 4.90. The van der Waals surface area contributed by atoms with E-state index in [4.69, 9.17) is 11.6 Å². The number of hydrogen-bond acceptors (Lipinski definition) is 3. The summed E-state index contributed by atoms with van der Waals surface area (Å²) in [5.74, 6) is -0.191. The van der Waals surface area contributed by atoms with E-state index in [1.165, 1.54) is 0 Å². The molecule has 0 unspecified atom stereocenters. The number of benzene rings is 1. The van der Waals surface area contributed by atoms with Gasteiger partial charge in [0.25, 0.3) is 5.91 Å². The third-order valence-electron chi connectivity index (χ3n) is 4.12. The molecule has 0 aliphatic carbocycles. The zero-order chi connectivity index (χ0) is 18.0. The van der Waals surface area contributed by atoms with Gasteiger partial charge in [-0.2, -0.15) is 10.2 Å². The van der Waals surface area contributed by atoms with Gasteiger partial charge in [-0.3, -0.25) is 14.2 Å². The van der Waals surface area contributed by atoms with Crippen molar-refractivity contribution in [1.29, 1.82) is 0 Å². The molecule has 0 aliphatic heterocycles. The molecule has 130 valence electrons. The van der Waals surface area contributed by atoms with Crippen molar-refractivity contribution in [1.82, 2.24) is 19.6 Å². The smallest absolute Gasteiger partial charge is 0.258 e. The summed E-state index contributed by atoms with van der Waals surface area (Å²) >= 11 is 6.23. The number of nitrogens with zero attached hydrogens (tertiary/aromatic N) is 4. The minimum atomic E-state index is -0.191. The average molecular weight is 358 g/mol. The minimum absolute atomic E-state index is 0.191. The Morgan fingerprint density at radius 1 is 1.28 bits per heavy atom. The third-order valence-corrected chi connectivity index (χ3v) is 4.49. The quantitative estimate of drug-likeness (QED) is 0.757. The molecule has 1 amide bonds. The molecule has 0 spiro atoms. The Hall–Kier alpha value is -2.60. The van der Waals surface area contributed by atoms with Crippen LogP contribution in [-0.4, -0.2) is 25.5 Å². The van der Waals surface area contributed by atoms with E-state index >= 15 is 0 Å². The molecule has 0 saturated carbocycles. The maximum Gasteiger partial charge on any atom is 0.258 e. The van der Waals surface area contributed by atoms with Crippen molar-refractivity contribution in [2.24, 2.45) is 0 Å². The first-order valence-corrected chi connectivity index (χ1v) is 8.48. The van der Waals surface area contributed by atoms with E-state index in [2.05, 4.69) is 15.5 Å². The van der Waals surface area contributed by atoms with Crippen LogP contribution >= 0.6 is 11.6 Å². The van der Waals surface area contributed by atoms with Crippen LogP contribution in [0.2, 0.25) is 5.02 Å². The number of aryl methyl sites for hydroxylation is 2. The summed E-state index contributed by atoms with van der Waals surface area (Å²) in [4.78, 5) is 12.4. The van der Waals surface area contributed by atoms with Crippen LogP contribution in [0.4, 0.5) is 5.69 Å². The largest absolute Gasteiger partial charge is 0.319 e. The molecular formula is C18H20ClN5O. The molecule has 25 heavy (non-hydrogen) atoms. The van der Waals surface area contributed by atoms with Gasteiger partial charge < -0.3 is 5.32 Å². The Bertz CT molecular complexity index is 912. The Morgan fingerprint density at radius 2 is 2.04 bits per heavy atom. The topological polar surface area (TPSA) is 64.7 Å². The zero-order valence-electron chi connectivity index (χ0n) is 14.5. The Morgan fingerprint density at radius 3 is 2.72 bits per heavy atom. The first-order valence-electron chi connectivity index (χ1n) is 8.10. The van der Waals surface area contributed by atoms with Crippen LogP contribution in [0.5, 0.6) is 0 Å². The monoisotopic (exact) mass is 357 g/mol. The van der Waals surface area contributed by atoms with Gasteiger partial charge in [-0.1, -0.05) is 29.8 Å². The number of aromatic nitrogens is 4. The molecule has 0 bridgehead atoms. The second kappa shape index (κ2) is 7.11. The summed E-state index contributed by atoms with van der Waals surface area (Å²) in [5, 5.41) is 12.3. The average Bonchev–Trinajstić information content (AvgIpc) is 3.18. The normalized spacial score (nSPS) is 10.9. The van der Waals surface area contributed by atoms with Gasteiger partial charge in [-0.05, 0) is 32.4 Å². The summed E-state index contributed by atoms with van der Waals surface area (Å²) in [5.41, 5.74) is 3.88. The van der Waals surface area contributed by atoms with Crippen molar-refractivity contribution in [2.75, 3.05) is 5.32 Å². The standard InChI is InChI=1S/C18H20ClN5O/c1-4-23-10-15(9-20-23)18(25)21-17-12(2)22-24(13(17)3)11-14-7-5-6-8-16(14)19/h5-10H,4,11H2,1-3H3,(H,21,25). The number of anilines is 1. The fourth-order valence-corrected chi connectivity index (χ4v) is 2.85. The van der Waals surface area contributed by atoms with E-state index in [9.17, 15) is 4.79 Å². The lowest BCUT2D eigenvalue weighted by molar-refractivity contribution is 0.102. The number of hydrogen-bond donors (Lipinski definition) is 1. The fourth-order valence-electron chi connectivity index (χ4n) is 2.66. The molecular weight excluding hydrogens is 338 g/mol. The lowest BCUT2D eigenvalue weighted by atomic mass is 10.2. The molecule has 1 aromatic carbocycles. The van der Waals surface area contributed by atoms with E-state index in [0.717, 1.165) is 29.2 Å². The lowest BCUT2D eigenvalue weighted by Gasteiger charge is -2.08. The maximum atomic E-state index is 12.4. The lowest BCUT2D eigenvalue weighted by Crippen LogP contribution is -2.13. The highest BCUT2D eigenvalue weighted by Crippen LogP contribution is 2.23. The van der Waals surface area contributed by atoms with Gasteiger partial charge in [0.15, 0.2) is 0 Å². The van der Waals surface area contributed by atoms with Gasteiger partial charge in [-0.25, -0.2) is 0 Å². The molecule has 1 N–H and O–H groups in total. The Balaban J connectivity index is 1.82. The van der Waals surface area contributed by atoms with E-state index in [1.807, 2.05) is 49.7 Å². The van der Waals surface area contributed by atoms with E-state index in [-0.39, 0.29) is 5.91 Å². The van der Waals surface area contributed by atoms with Crippen LogP contribution < -0.4 is 5.32 Å². The van der Waals surface area contributed by atoms with Gasteiger partial charge in [0.1, 0.15) is 0 Å². The summed E-state index contributed by atoms with van der Waals surface area (Å²) < 4.78 is 3.57. The molecule has 0 atom stereocenters. The molecule has 2 aromatic heterocycles. The molecule has 3 rings (SSSR count). The van der Waals surface area contributed by atoms with Gasteiger partial charge in [0, 0.05) is 17.8 Å². The van der Waals surface area contributed by atoms with Gasteiger partial charge in [-0.15, -0.1) is 0 Å². The molecule has 0 fully saturated rings. The Labute approximate surface area is 151 Å². The van der Waals surface area contributed by atoms with Gasteiger partial charge >= 0.3 is 0 Å². The van der Waals surface area contributed by atoms with Crippen molar-refractivity contribution >= 4 is 23.2 Å². The molecule has 7 heteroatoms. The van der Waals surface area contributed by atoms with Crippen LogP contribution in [0.1, 0.15) is 34.2 Å². The number of rotatable bonds is 5. The minimum Gasteiger partial charge on any atom is -0.319 e. The van der Waals surface area contributed by atoms with Crippen molar-refractivity contribution in [3.05, 3.63) is 64.2 Å². The predicted molar refractivity (Wildman–Crippen MR) is 98.1 cm³/mol. The van der Waals surface area contributed by atoms with E-state index in [1.54, 1.807) is 17.1 Å². The summed E-state index contributed by atoms with van der Waals surface area (Å²) in [7, 11) is 0. The number of carbonyl (C=O) groups is 1. The second-order valence-electron chi connectivity index (χ2n) is 5.83. The van der Waals surface area contributed by atoms with Gasteiger partial charge in [0.2, 0.25) is 0 Å². The summed E-state index contributed by atoms with van der Waals surface area (Å²) in [6, 6.07) is 7.67. The zero-order valence-corrected chi connectivity index (χ0v) is 15.2. The number of nitrogens with one attached hydrogen (secondary N) is 1. The van der Waals surface area contributed by atoms with E-state index in [0.29, 0.717) is 17.1 Å². The fraction of sp³-hybridized carbons (Fsp3) is 0.278. The van der Waals surface area contributed by atoms with E-state index < -0.39 is 0 Å². The third kappa shape index (κ3) is 3.58. The predicted octanol–water partition coefficient (Wildman–Crippen LogP) is 3.67. The number of halogens is 1. The molecule has 0 saturated heterocycles. The van der Waals surface area contributed by atoms with Crippen LogP contribution in [0, 0.1) is 13.8 Å². The highest BCUT2D eigenvalue weighted by atomic mass is 35.5. The molecule has 0 radical (unpaired) electrons. The summed E-state index contributed by atoms with van der Waals surface area (Å²) in [6.07, 6.45) is 3.30. The number of carbonyl (C=O) groups excluding carboxylic acids is 1. The molecule has 3 aromatic rings. The van der Waals surface area contributed by atoms with Crippen molar-refractivity contribution in [2.45, 2.75) is 33.9 Å². The SMILES string of the molecule is CCn1cc(C(=O)Nc2c(C)nn(Cc3ccccc3Cl)c2C)cn1. The van der Waals surface area contributed by atoms with Crippen molar-refractivity contribution in [3.8, 4) is 0 Å².